The molecular formula is C16H19FN2OS. The van der Waals surface area contributed by atoms with Gasteiger partial charge in [0.2, 0.25) is 0 Å². The Morgan fingerprint density at radius 1 is 1.33 bits per heavy atom. The molecule has 5 heteroatoms. The summed E-state index contributed by atoms with van der Waals surface area (Å²) in [5.74, 6) is 1.27. The Labute approximate surface area is 128 Å². The highest BCUT2D eigenvalue weighted by Gasteiger charge is 2.13. The molecule has 0 spiro atoms. The van der Waals surface area contributed by atoms with Crippen molar-refractivity contribution in [1.82, 2.24) is 10.3 Å². The first-order valence-corrected chi connectivity index (χ1v) is 7.82. The third-order valence-corrected chi connectivity index (χ3v) is 4.21. The number of nitrogens with zero attached hydrogens (tertiary/aromatic N) is 1. The fourth-order valence-corrected chi connectivity index (χ4v) is 3.03. The molecule has 0 aliphatic rings. The summed E-state index contributed by atoms with van der Waals surface area (Å²) in [5, 5.41) is 3.40. The van der Waals surface area contributed by atoms with Crippen LogP contribution in [-0.4, -0.2) is 24.4 Å². The number of benzene rings is 1. The number of ether oxygens (including phenoxy) is 1. The molecule has 0 radical (unpaired) electrons. The van der Waals surface area contributed by atoms with Crippen LogP contribution < -0.4 is 10.1 Å². The predicted octanol–water partition coefficient (Wildman–Crippen LogP) is 3.67. The summed E-state index contributed by atoms with van der Waals surface area (Å²) >= 11 is 1.50. The van der Waals surface area contributed by atoms with Crippen molar-refractivity contribution in [2.45, 2.75) is 17.9 Å². The topological polar surface area (TPSA) is 34.2 Å². The van der Waals surface area contributed by atoms with Crippen LogP contribution in [0.1, 0.15) is 18.5 Å². The smallest absolute Gasteiger partial charge is 0.137 e. The first-order chi connectivity index (χ1) is 10.2. The van der Waals surface area contributed by atoms with E-state index in [1.165, 1.54) is 17.8 Å². The molecule has 112 valence electrons. The number of aromatic nitrogens is 1. The van der Waals surface area contributed by atoms with E-state index in [0.717, 1.165) is 23.6 Å². The van der Waals surface area contributed by atoms with Gasteiger partial charge in [-0.05, 0) is 30.3 Å². The van der Waals surface area contributed by atoms with Crippen LogP contribution in [0.4, 0.5) is 4.39 Å². The standard InChI is InChI=1S/C16H19FN2OS/c1-3-19-15(12-8-13(20-2)10-18-9-12)11-21-16-7-5-4-6-14(16)17/h4-10,15,19H,3,11H2,1-2H3. The SMILES string of the molecule is CCNC(CSc1ccccc1F)c1cncc(OC)c1. The maximum atomic E-state index is 13.7. The normalized spacial score (nSPS) is 12.1. The molecule has 2 rings (SSSR count). The summed E-state index contributed by atoms with van der Waals surface area (Å²) in [5.41, 5.74) is 1.04. The van der Waals surface area contributed by atoms with E-state index in [-0.39, 0.29) is 11.9 Å². The van der Waals surface area contributed by atoms with Crippen molar-refractivity contribution >= 4 is 11.8 Å². The monoisotopic (exact) mass is 306 g/mol. The van der Waals surface area contributed by atoms with Gasteiger partial charge in [-0.25, -0.2) is 4.39 Å². The van der Waals surface area contributed by atoms with Gasteiger partial charge in [-0.15, -0.1) is 11.8 Å². The predicted molar refractivity (Wildman–Crippen MR) is 84.3 cm³/mol. The minimum absolute atomic E-state index is 0.0993. The van der Waals surface area contributed by atoms with Gasteiger partial charge in [0.25, 0.3) is 0 Å². The highest BCUT2D eigenvalue weighted by Crippen LogP contribution is 2.27. The van der Waals surface area contributed by atoms with Gasteiger partial charge in [-0.1, -0.05) is 19.1 Å². The lowest BCUT2D eigenvalue weighted by molar-refractivity contribution is 0.411. The molecule has 21 heavy (non-hydrogen) atoms. The summed E-state index contributed by atoms with van der Waals surface area (Å²) in [4.78, 5) is 4.85. The Bertz CT molecular complexity index is 580. The Kier molecular flexibility index (Phi) is 6.02. The van der Waals surface area contributed by atoms with Crippen molar-refractivity contribution in [3.63, 3.8) is 0 Å². The molecule has 2 aromatic rings. The number of halogens is 1. The number of hydrogen-bond donors (Lipinski definition) is 1. The lowest BCUT2D eigenvalue weighted by Gasteiger charge is -2.18. The zero-order valence-electron chi connectivity index (χ0n) is 12.2. The highest BCUT2D eigenvalue weighted by molar-refractivity contribution is 7.99. The molecule has 1 aromatic carbocycles. The van der Waals surface area contributed by atoms with Crippen LogP contribution in [0.5, 0.6) is 5.75 Å². The number of thioether (sulfide) groups is 1. The average Bonchev–Trinajstić information content (AvgIpc) is 2.53. The summed E-state index contributed by atoms with van der Waals surface area (Å²) in [7, 11) is 1.62. The zero-order chi connectivity index (χ0) is 15.1. The first kappa shape index (κ1) is 15.8. The van der Waals surface area contributed by atoms with Gasteiger partial charge in [0.1, 0.15) is 11.6 Å². The minimum Gasteiger partial charge on any atom is -0.495 e. The van der Waals surface area contributed by atoms with E-state index in [1.807, 2.05) is 25.3 Å². The van der Waals surface area contributed by atoms with Crippen molar-refractivity contribution in [3.05, 3.63) is 54.1 Å². The number of pyridine rings is 1. The Morgan fingerprint density at radius 3 is 2.86 bits per heavy atom. The lowest BCUT2D eigenvalue weighted by atomic mass is 10.1. The van der Waals surface area contributed by atoms with Crippen molar-refractivity contribution in [3.8, 4) is 5.75 Å². The molecule has 1 N–H and O–H groups in total. The van der Waals surface area contributed by atoms with Crippen LogP contribution in [0.2, 0.25) is 0 Å². The largest absolute Gasteiger partial charge is 0.495 e. The van der Waals surface area contributed by atoms with Crippen LogP contribution in [0.15, 0.2) is 47.6 Å². The summed E-state index contributed by atoms with van der Waals surface area (Å²) in [6.07, 6.45) is 3.49. The molecule has 0 amide bonds. The van der Waals surface area contributed by atoms with Crippen LogP contribution in [-0.2, 0) is 0 Å². The van der Waals surface area contributed by atoms with E-state index < -0.39 is 0 Å². The lowest BCUT2D eigenvalue weighted by Crippen LogP contribution is -2.23. The van der Waals surface area contributed by atoms with Gasteiger partial charge in [0.15, 0.2) is 0 Å². The van der Waals surface area contributed by atoms with Gasteiger partial charge in [0.05, 0.1) is 13.3 Å². The second kappa shape index (κ2) is 8.00. The van der Waals surface area contributed by atoms with Gasteiger partial charge in [-0.3, -0.25) is 4.98 Å². The van der Waals surface area contributed by atoms with Gasteiger partial charge >= 0.3 is 0 Å². The van der Waals surface area contributed by atoms with Crippen molar-refractivity contribution in [1.29, 1.82) is 0 Å². The molecule has 1 heterocycles. The highest BCUT2D eigenvalue weighted by atomic mass is 32.2. The maximum absolute atomic E-state index is 13.7. The molecule has 1 aromatic heterocycles. The van der Waals surface area contributed by atoms with Crippen LogP contribution in [0, 0.1) is 5.82 Å². The van der Waals surface area contributed by atoms with Gasteiger partial charge in [-0.2, -0.15) is 0 Å². The summed E-state index contributed by atoms with van der Waals surface area (Å²) in [6, 6.07) is 8.89. The van der Waals surface area contributed by atoms with Gasteiger partial charge in [0, 0.05) is 22.9 Å². The Morgan fingerprint density at radius 2 is 2.14 bits per heavy atom. The molecule has 0 saturated heterocycles. The molecule has 3 nitrogen and oxygen atoms in total. The van der Waals surface area contributed by atoms with Crippen LogP contribution >= 0.6 is 11.8 Å². The Hall–Kier alpha value is -1.59. The molecule has 0 bridgehead atoms. The van der Waals surface area contributed by atoms with E-state index >= 15 is 0 Å². The van der Waals surface area contributed by atoms with E-state index in [1.54, 1.807) is 25.4 Å². The van der Waals surface area contributed by atoms with Crippen LogP contribution in [0.25, 0.3) is 0 Å². The van der Waals surface area contributed by atoms with Crippen molar-refractivity contribution in [2.24, 2.45) is 0 Å². The average molecular weight is 306 g/mol. The second-order valence-corrected chi connectivity index (χ2v) is 5.57. The fourth-order valence-electron chi connectivity index (χ4n) is 1.99. The number of rotatable bonds is 7. The van der Waals surface area contributed by atoms with E-state index in [9.17, 15) is 4.39 Å². The third-order valence-electron chi connectivity index (χ3n) is 3.07. The Balaban J connectivity index is 2.10. The molecule has 1 unspecified atom stereocenters. The third kappa shape index (κ3) is 4.44. The quantitative estimate of drug-likeness (QED) is 0.791. The van der Waals surface area contributed by atoms with E-state index in [0.29, 0.717) is 4.90 Å². The molecule has 0 saturated carbocycles. The molecular weight excluding hydrogens is 287 g/mol. The zero-order valence-corrected chi connectivity index (χ0v) is 13.0. The summed E-state index contributed by atoms with van der Waals surface area (Å²) in [6.45, 7) is 2.88. The fraction of sp³-hybridized carbons (Fsp3) is 0.312. The second-order valence-electron chi connectivity index (χ2n) is 4.51. The maximum Gasteiger partial charge on any atom is 0.137 e. The van der Waals surface area contributed by atoms with Crippen molar-refractivity contribution < 1.29 is 9.13 Å². The first-order valence-electron chi connectivity index (χ1n) is 6.84. The molecule has 0 fully saturated rings. The summed E-state index contributed by atoms with van der Waals surface area (Å²) < 4.78 is 18.9. The van der Waals surface area contributed by atoms with Crippen LogP contribution in [0.3, 0.4) is 0 Å². The minimum atomic E-state index is -0.179. The van der Waals surface area contributed by atoms with E-state index in [4.69, 9.17) is 4.74 Å². The number of hydrogen-bond acceptors (Lipinski definition) is 4. The molecule has 0 aliphatic carbocycles. The number of nitrogens with one attached hydrogen (secondary N) is 1. The van der Waals surface area contributed by atoms with Crippen molar-refractivity contribution in [2.75, 3.05) is 19.4 Å². The molecule has 0 aliphatic heterocycles. The van der Waals surface area contributed by atoms with E-state index in [2.05, 4.69) is 10.3 Å². The van der Waals surface area contributed by atoms with Gasteiger partial charge < -0.3 is 10.1 Å². The molecule has 1 atom stereocenters. The number of methoxy groups -OCH3 is 1.